The van der Waals surface area contributed by atoms with E-state index in [2.05, 4.69) is 34.9 Å². The van der Waals surface area contributed by atoms with Crippen LogP contribution in [0.1, 0.15) is 50.7 Å². The van der Waals surface area contributed by atoms with Crippen molar-refractivity contribution in [1.82, 2.24) is 10.6 Å². The number of amides is 2. The molecule has 170 valence electrons. The number of carboxylic acids is 1. The maximum atomic E-state index is 12.3. The Hall–Kier alpha value is -3.35. The third-order valence-corrected chi connectivity index (χ3v) is 5.85. The standard InChI is InChI=1S/C25H30N2O5/c1-16(14-22(28)26-13-12-25(2,3)23(29)30)27-24(31)32-15-21-19-10-6-4-8-17(19)18-9-5-7-11-20(18)21/h4-11,16,21H,12-15H2,1-3H3,(H,26,28)(H,27,31)(H,29,30)/t16-/m1/s1. The zero-order chi connectivity index (χ0) is 23.3. The van der Waals surface area contributed by atoms with E-state index in [1.54, 1.807) is 20.8 Å². The van der Waals surface area contributed by atoms with Gasteiger partial charge in [0.15, 0.2) is 0 Å². The first-order valence-corrected chi connectivity index (χ1v) is 10.8. The minimum absolute atomic E-state index is 0.0238. The van der Waals surface area contributed by atoms with Gasteiger partial charge in [0.1, 0.15) is 6.61 Å². The molecule has 2 amide bonds. The van der Waals surface area contributed by atoms with Crippen LogP contribution in [0.15, 0.2) is 48.5 Å². The van der Waals surface area contributed by atoms with Gasteiger partial charge < -0.3 is 20.5 Å². The smallest absolute Gasteiger partial charge is 0.407 e. The predicted molar refractivity (Wildman–Crippen MR) is 121 cm³/mol. The Bertz CT molecular complexity index is 956. The van der Waals surface area contributed by atoms with Gasteiger partial charge >= 0.3 is 12.1 Å². The lowest BCUT2D eigenvalue weighted by molar-refractivity contribution is -0.147. The number of nitrogens with one attached hydrogen (secondary N) is 2. The van der Waals surface area contributed by atoms with E-state index >= 15 is 0 Å². The van der Waals surface area contributed by atoms with Crippen LogP contribution in [0, 0.1) is 5.41 Å². The summed E-state index contributed by atoms with van der Waals surface area (Å²) >= 11 is 0. The zero-order valence-electron chi connectivity index (χ0n) is 18.7. The molecule has 2 aromatic rings. The number of hydrogen-bond donors (Lipinski definition) is 3. The molecule has 1 aliphatic rings. The van der Waals surface area contributed by atoms with Crippen molar-refractivity contribution in [3.63, 3.8) is 0 Å². The summed E-state index contributed by atoms with van der Waals surface area (Å²) < 4.78 is 5.50. The second-order valence-electron chi connectivity index (χ2n) is 8.86. The Balaban J connectivity index is 1.46. The molecule has 0 aromatic heterocycles. The Morgan fingerprint density at radius 1 is 1.03 bits per heavy atom. The first-order chi connectivity index (χ1) is 15.2. The minimum atomic E-state index is -0.906. The molecule has 2 aromatic carbocycles. The molecule has 3 N–H and O–H groups in total. The number of ether oxygens (including phenoxy) is 1. The van der Waals surface area contributed by atoms with Gasteiger partial charge in [-0.05, 0) is 49.4 Å². The molecule has 0 saturated heterocycles. The highest BCUT2D eigenvalue weighted by Crippen LogP contribution is 2.44. The summed E-state index contributed by atoms with van der Waals surface area (Å²) in [4.78, 5) is 35.5. The van der Waals surface area contributed by atoms with Crippen LogP contribution >= 0.6 is 0 Å². The molecule has 0 saturated carbocycles. The van der Waals surface area contributed by atoms with Crippen molar-refractivity contribution in [1.29, 1.82) is 0 Å². The number of benzene rings is 2. The van der Waals surface area contributed by atoms with Crippen LogP contribution < -0.4 is 10.6 Å². The number of carboxylic acid groups (broad SMARTS) is 1. The lowest BCUT2D eigenvalue weighted by Gasteiger charge is -2.20. The van der Waals surface area contributed by atoms with Gasteiger partial charge in [-0.15, -0.1) is 0 Å². The molecule has 7 nitrogen and oxygen atoms in total. The Kier molecular flexibility index (Phi) is 7.18. The summed E-state index contributed by atoms with van der Waals surface area (Å²) in [5.74, 6) is -1.18. The number of hydrogen-bond acceptors (Lipinski definition) is 4. The maximum absolute atomic E-state index is 12.3. The Morgan fingerprint density at radius 2 is 1.59 bits per heavy atom. The predicted octanol–water partition coefficient (Wildman–Crippen LogP) is 3.92. The average molecular weight is 439 g/mol. The third kappa shape index (κ3) is 5.46. The molecule has 32 heavy (non-hydrogen) atoms. The topological polar surface area (TPSA) is 105 Å². The highest BCUT2D eigenvalue weighted by atomic mass is 16.5. The van der Waals surface area contributed by atoms with Gasteiger partial charge in [-0.25, -0.2) is 4.79 Å². The summed E-state index contributed by atoms with van der Waals surface area (Å²) in [5, 5.41) is 14.5. The summed E-state index contributed by atoms with van der Waals surface area (Å²) in [7, 11) is 0. The van der Waals surface area contributed by atoms with Crippen LogP contribution in [-0.2, 0) is 14.3 Å². The van der Waals surface area contributed by atoms with Gasteiger partial charge in [0, 0.05) is 24.9 Å². The van der Waals surface area contributed by atoms with Crippen LogP contribution in [0.25, 0.3) is 11.1 Å². The molecule has 0 heterocycles. The molecule has 0 radical (unpaired) electrons. The van der Waals surface area contributed by atoms with Gasteiger partial charge in [-0.3, -0.25) is 9.59 Å². The van der Waals surface area contributed by atoms with Gasteiger partial charge in [0.2, 0.25) is 5.91 Å². The van der Waals surface area contributed by atoms with E-state index < -0.39 is 23.5 Å². The molecule has 0 bridgehead atoms. The minimum Gasteiger partial charge on any atom is -0.481 e. The van der Waals surface area contributed by atoms with Crippen molar-refractivity contribution < 1.29 is 24.2 Å². The Labute approximate surface area is 188 Å². The van der Waals surface area contributed by atoms with Crippen molar-refractivity contribution in [3.05, 3.63) is 59.7 Å². The second kappa shape index (κ2) is 9.85. The van der Waals surface area contributed by atoms with Gasteiger partial charge in [0.25, 0.3) is 0 Å². The number of rotatable bonds is 9. The normalized spacial score (nSPS) is 13.6. The van der Waals surface area contributed by atoms with E-state index in [0.29, 0.717) is 6.42 Å². The van der Waals surface area contributed by atoms with Crippen LogP contribution in [0.2, 0.25) is 0 Å². The summed E-state index contributed by atoms with van der Waals surface area (Å²) in [5.41, 5.74) is 3.69. The molecule has 1 atom stereocenters. The van der Waals surface area contributed by atoms with Crippen molar-refractivity contribution in [2.24, 2.45) is 5.41 Å². The number of carbonyl (C=O) groups is 3. The van der Waals surface area contributed by atoms with Crippen LogP contribution in [-0.4, -0.2) is 42.3 Å². The van der Waals surface area contributed by atoms with E-state index in [1.807, 2.05) is 24.3 Å². The van der Waals surface area contributed by atoms with Gasteiger partial charge in [-0.1, -0.05) is 48.5 Å². The quantitative estimate of drug-likeness (QED) is 0.550. The third-order valence-electron chi connectivity index (χ3n) is 5.85. The number of aliphatic carboxylic acids is 1. The van der Waals surface area contributed by atoms with Crippen molar-refractivity contribution in [2.75, 3.05) is 13.2 Å². The molecular weight excluding hydrogens is 408 g/mol. The van der Waals surface area contributed by atoms with Crippen LogP contribution in [0.3, 0.4) is 0 Å². The molecule has 0 unspecified atom stereocenters. The lowest BCUT2D eigenvalue weighted by Crippen LogP contribution is -2.39. The fourth-order valence-electron chi connectivity index (χ4n) is 3.86. The highest BCUT2D eigenvalue weighted by molar-refractivity contribution is 5.79. The fourth-order valence-corrected chi connectivity index (χ4v) is 3.86. The molecule has 1 aliphatic carbocycles. The largest absolute Gasteiger partial charge is 0.481 e. The van der Waals surface area contributed by atoms with E-state index in [-0.39, 0.29) is 31.4 Å². The maximum Gasteiger partial charge on any atom is 0.407 e. The molecular formula is C25H30N2O5. The highest BCUT2D eigenvalue weighted by Gasteiger charge is 2.29. The van der Waals surface area contributed by atoms with E-state index in [0.717, 1.165) is 22.3 Å². The zero-order valence-corrected chi connectivity index (χ0v) is 18.7. The SMILES string of the molecule is C[C@H](CC(=O)NCCC(C)(C)C(=O)O)NC(=O)OCC1c2ccccc2-c2ccccc21. The average Bonchev–Trinajstić information content (AvgIpc) is 3.05. The molecule has 0 spiro atoms. The molecule has 7 heteroatoms. The van der Waals surface area contributed by atoms with E-state index in [4.69, 9.17) is 9.84 Å². The van der Waals surface area contributed by atoms with Crippen LogP contribution in [0.5, 0.6) is 0 Å². The summed E-state index contributed by atoms with van der Waals surface area (Å²) in [6, 6.07) is 15.8. The van der Waals surface area contributed by atoms with Gasteiger partial charge in [0.05, 0.1) is 5.41 Å². The summed E-state index contributed by atoms with van der Waals surface area (Å²) in [6.07, 6.45) is -0.167. The first-order valence-electron chi connectivity index (χ1n) is 10.8. The van der Waals surface area contributed by atoms with Crippen LogP contribution in [0.4, 0.5) is 4.79 Å². The lowest BCUT2D eigenvalue weighted by atomic mass is 9.90. The second-order valence-corrected chi connectivity index (χ2v) is 8.86. The fraction of sp³-hybridized carbons (Fsp3) is 0.400. The molecule has 0 fully saturated rings. The van der Waals surface area contributed by atoms with Crippen molar-refractivity contribution >= 4 is 18.0 Å². The van der Waals surface area contributed by atoms with Crippen molar-refractivity contribution in [3.8, 4) is 11.1 Å². The Morgan fingerprint density at radius 3 is 2.16 bits per heavy atom. The first kappa shape index (κ1) is 23.3. The number of alkyl carbamates (subject to hydrolysis) is 1. The molecule has 3 rings (SSSR count). The number of fused-ring (bicyclic) bond motifs is 3. The van der Waals surface area contributed by atoms with E-state index in [1.165, 1.54) is 0 Å². The summed E-state index contributed by atoms with van der Waals surface area (Å²) in [6.45, 7) is 5.42. The number of carbonyl (C=O) groups excluding carboxylic acids is 2. The van der Waals surface area contributed by atoms with E-state index in [9.17, 15) is 14.4 Å². The molecule has 0 aliphatic heterocycles. The monoisotopic (exact) mass is 438 g/mol. The van der Waals surface area contributed by atoms with Crippen molar-refractivity contribution in [2.45, 2.75) is 45.6 Å². The van der Waals surface area contributed by atoms with Gasteiger partial charge in [-0.2, -0.15) is 0 Å².